The molecule has 0 amide bonds. The van der Waals surface area contributed by atoms with Crippen LogP contribution >= 0.6 is 31.9 Å². The summed E-state index contributed by atoms with van der Waals surface area (Å²) in [5, 5.41) is 12.7. The third-order valence-electron chi connectivity index (χ3n) is 3.52. The highest BCUT2D eigenvalue weighted by Crippen LogP contribution is 2.33. The molecule has 5 heteroatoms. The second-order valence-corrected chi connectivity index (χ2v) is 6.82. The third kappa shape index (κ3) is 5.02. The number of benzene rings is 1. The fourth-order valence-corrected chi connectivity index (χ4v) is 3.42. The van der Waals surface area contributed by atoms with Crippen molar-refractivity contribution in [2.75, 3.05) is 13.2 Å². The Balaban J connectivity index is 2.90. The smallest absolute Gasteiger partial charge is 0.138 e. The summed E-state index contributed by atoms with van der Waals surface area (Å²) in [5.74, 6) is 0.880. The van der Waals surface area contributed by atoms with E-state index >= 15 is 0 Å². The van der Waals surface area contributed by atoms with Gasteiger partial charge in [-0.3, -0.25) is 0 Å². The first-order chi connectivity index (χ1) is 9.45. The van der Waals surface area contributed by atoms with E-state index in [4.69, 9.17) is 4.74 Å². The van der Waals surface area contributed by atoms with Crippen LogP contribution in [0.2, 0.25) is 0 Å². The van der Waals surface area contributed by atoms with Gasteiger partial charge in [0.15, 0.2) is 0 Å². The summed E-state index contributed by atoms with van der Waals surface area (Å²) in [6, 6.07) is 4.05. The summed E-state index contributed by atoms with van der Waals surface area (Å²) in [6.45, 7) is 7.78. The molecule has 0 saturated carbocycles. The number of nitrogens with one attached hydrogen (secondary N) is 1. The van der Waals surface area contributed by atoms with E-state index in [9.17, 15) is 5.11 Å². The van der Waals surface area contributed by atoms with E-state index in [1.54, 1.807) is 0 Å². The van der Waals surface area contributed by atoms with E-state index < -0.39 is 0 Å². The normalized spacial score (nSPS) is 14.1. The van der Waals surface area contributed by atoms with Crippen LogP contribution in [0.4, 0.5) is 0 Å². The zero-order valence-corrected chi connectivity index (χ0v) is 15.5. The largest absolute Gasteiger partial charge is 0.492 e. The average molecular weight is 409 g/mol. The van der Waals surface area contributed by atoms with Gasteiger partial charge in [-0.15, -0.1) is 0 Å². The van der Waals surface area contributed by atoms with Gasteiger partial charge in [-0.05, 0) is 54.8 Å². The van der Waals surface area contributed by atoms with Crippen LogP contribution in [0.3, 0.4) is 0 Å². The van der Waals surface area contributed by atoms with Crippen molar-refractivity contribution in [2.45, 2.75) is 45.7 Å². The highest BCUT2D eigenvalue weighted by atomic mass is 79.9. The summed E-state index contributed by atoms with van der Waals surface area (Å²) in [6.07, 6.45) is 1.70. The van der Waals surface area contributed by atoms with Gasteiger partial charge in [0.05, 0.1) is 11.1 Å². The van der Waals surface area contributed by atoms with Crippen LogP contribution in [0, 0.1) is 0 Å². The molecule has 1 atom stereocenters. The van der Waals surface area contributed by atoms with E-state index in [1.807, 2.05) is 13.0 Å². The van der Waals surface area contributed by atoms with Crippen molar-refractivity contribution in [3.8, 4) is 5.75 Å². The van der Waals surface area contributed by atoms with E-state index in [2.05, 4.69) is 57.1 Å². The second-order valence-electron chi connectivity index (χ2n) is 5.05. The summed E-state index contributed by atoms with van der Waals surface area (Å²) >= 11 is 7.06. The molecule has 0 aliphatic carbocycles. The molecule has 1 aromatic rings. The Morgan fingerprint density at radius 3 is 2.55 bits per heavy atom. The lowest BCUT2D eigenvalue weighted by Gasteiger charge is -2.29. The molecule has 1 unspecified atom stereocenters. The Bertz CT molecular complexity index is 440. The average Bonchev–Trinajstić information content (AvgIpc) is 2.40. The molecule has 0 heterocycles. The van der Waals surface area contributed by atoms with E-state index in [0.29, 0.717) is 13.2 Å². The minimum Gasteiger partial charge on any atom is -0.492 e. The highest BCUT2D eigenvalue weighted by Gasteiger charge is 2.21. The Hall–Kier alpha value is -0.100. The van der Waals surface area contributed by atoms with Crippen molar-refractivity contribution in [3.63, 3.8) is 0 Å². The monoisotopic (exact) mass is 407 g/mol. The number of halogens is 2. The van der Waals surface area contributed by atoms with Crippen LogP contribution in [0.15, 0.2) is 21.1 Å². The molecule has 0 aliphatic rings. The molecule has 0 spiro atoms. The van der Waals surface area contributed by atoms with Gasteiger partial charge in [0.25, 0.3) is 0 Å². The van der Waals surface area contributed by atoms with Crippen molar-refractivity contribution >= 4 is 31.9 Å². The summed E-state index contributed by atoms with van der Waals surface area (Å²) in [7, 11) is 0. The molecule has 0 aromatic heterocycles. The maximum atomic E-state index is 9.18. The van der Waals surface area contributed by atoms with Crippen LogP contribution in [-0.4, -0.2) is 23.9 Å². The van der Waals surface area contributed by atoms with E-state index in [-0.39, 0.29) is 12.1 Å². The lowest BCUT2D eigenvalue weighted by atomic mass is 9.94. The summed E-state index contributed by atoms with van der Waals surface area (Å²) in [5.41, 5.74) is 1.04. The van der Waals surface area contributed by atoms with Crippen molar-refractivity contribution in [3.05, 3.63) is 26.6 Å². The molecule has 114 valence electrons. The maximum Gasteiger partial charge on any atom is 0.138 e. The van der Waals surface area contributed by atoms with E-state index in [1.165, 1.54) is 0 Å². The van der Waals surface area contributed by atoms with Gasteiger partial charge in [0, 0.05) is 28.7 Å². The predicted octanol–water partition coefficient (Wildman–Crippen LogP) is 4.25. The summed E-state index contributed by atoms with van der Waals surface area (Å²) < 4.78 is 7.69. The van der Waals surface area contributed by atoms with Crippen LogP contribution in [0.5, 0.6) is 5.75 Å². The quantitative estimate of drug-likeness (QED) is 0.675. The number of aliphatic hydroxyl groups is 1. The van der Waals surface area contributed by atoms with Gasteiger partial charge >= 0.3 is 0 Å². The predicted molar refractivity (Wildman–Crippen MR) is 90.2 cm³/mol. The first kappa shape index (κ1) is 18.0. The number of hydrogen-bond donors (Lipinski definition) is 2. The Morgan fingerprint density at radius 2 is 2.00 bits per heavy atom. The minimum atomic E-state index is -0.0625. The highest BCUT2D eigenvalue weighted by molar-refractivity contribution is 9.11. The standard InChI is InChI=1S/C15H23Br2NO2/c1-4-15(3,6-7-19)18-10-11-8-12(16)9-13(17)14(11)20-5-2/h8-9,18-19H,4-7,10H2,1-3H3. The molecule has 0 aliphatic heterocycles. The van der Waals surface area contributed by atoms with Gasteiger partial charge < -0.3 is 15.2 Å². The fraction of sp³-hybridized carbons (Fsp3) is 0.600. The molecule has 0 fully saturated rings. The molecular formula is C15H23Br2NO2. The van der Waals surface area contributed by atoms with Gasteiger partial charge in [0.2, 0.25) is 0 Å². The number of hydrogen-bond acceptors (Lipinski definition) is 3. The molecule has 1 aromatic carbocycles. The SMILES string of the molecule is CCOc1c(Br)cc(Br)cc1CNC(C)(CC)CCO. The Kier molecular flexibility index (Phi) is 7.51. The van der Waals surface area contributed by atoms with E-state index in [0.717, 1.165) is 33.1 Å². The van der Waals surface area contributed by atoms with Crippen molar-refractivity contribution in [1.82, 2.24) is 5.32 Å². The van der Waals surface area contributed by atoms with Crippen LogP contribution in [0.1, 0.15) is 39.2 Å². The minimum absolute atomic E-state index is 0.0625. The number of ether oxygens (including phenoxy) is 1. The van der Waals surface area contributed by atoms with Crippen LogP contribution in [-0.2, 0) is 6.54 Å². The lowest BCUT2D eigenvalue weighted by molar-refractivity contribution is 0.214. The fourth-order valence-electron chi connectivity index (χ4n) is 2.00. The van der Waals surface area contributed by atoms with Crippen molar-refractivity contribution < 1.29 is 9.84 Å². The third-order valence-corrected chi connectivity index (χ3v) is 4.57. The molecule has 1 rings (SSSR count). The molecular weight excluding hydrogens is 386 g/mol. The van der Waals surface area contributed by atoms with Gasteiger partial charge in [-0.2, -0.15) is 0 Å². The Morgan fingerprint density at radius 1 is 1.30 bits per heavy atom. The number of aliphatic hydroxyl groups excluding tert-OH is 1. The first-order valence-corrected chi connectivity index (χ1v) is 8.51. The van der Waals surface area contributed by atoms with Gasteiger partial charge in [-0.25, -0.2) is 0 Å². The van der Waals surface area contributed by atoms with Crippen LogP contribution < -0.4 is 10.1 Å². The zero-order valence-electron chi connectivity index (χ0n) is 12.3. The Labute approximate surface area is 138 Å². The summed E-state index contributed by atoms with van der Waals surface area (Å²) in [4.78, 5) is 0. The van der Waals surface area contributed by atoms with Crippen molar-refractivity contribution in [1.29, 1.82) is 0 Å². The zero-order chi connectivity index (χ0) is 15.2. The molecule has 0 bridgehead atoms. The molecule has 0 radical (unpaired) electrons. The molecule has 3 nitrogen and oxygen atoms in total. The van der Waals surface area contributed by atoms with Crippen LogP contribution in [0.25, 0.3) is 0 Å². The topological polar surface area (TPSA) is 41.5 Å². The van der Waals surface area contributed by atoms with Crippen molar-refractivity contribution in [2.24, 2.45) is 0 Å². The number of rotatable bonds is 8. The first-order valence-electron chi connectivity index (χ1n) is 6.92. The molecule has 20 heavy (non-hydrogen) atoms. The maximum absolute atomic E-state index is 9.18. The lowest BCUT2D eigenvalue weighted by Crippen LogP contribution is -2.42. The molecule has 0 saturated heterocycles. The second kappa shape index (κ2) is 8.37. The molecule has 2 N–H and O–H groups in total. The van der Waals surface area contributed by atoms with Gasteiger partial charge in [-0.1, -0.05) is 22.9 Å². The van der Waals surface area contributed by atoms with Gasteiger partial charge in [0.1, 0.15) is 5.75 Å².